The lowest BCUT2D eigenvalue weighted by atomic mass is 10.1. The fraction of sp³-hybridized carbons (Fsp3) is 0.118. The Bertz CT molecular complexity index is 787. The predicted molar refractivity (Wildman–Crippen MR) is 79.2 cm³/mol. The molecule has 0 bridgehead atoms. The van der Waals surface area contributed by atoms with Crippen molar-refractivity contribution in [3.63, 3.8) is 0 Å². The first kappa shape index (κ1) is 12.5. The Morgan fingerprint density at radius 3 is 2.75 bits per heavy atom. The molecule has 0 fully saturated rings. The second kappa shape index (κ2) is 4.85. The molecule has 3 aromatic rings. The number of fused-ring (bicyclic) bond motifs is 1. The van der Waals surface area contributed by atoms with E-state index in [9.17, 15) is 4.79 Å². The molecular formula is C17H15NO2. The van der Waals surface area contributed by atoms with Crippen LogP contribution in [0.4, 0.5) is 0 Å². The van der Waals surface area contributed by atoms with Crippen LogP contribution in [0.5, 0.6) is 0 Å². The predicted octanol–water partition coefficient (Wildman–Crippen LogP) is 3.70. The number of aromatic carboxylic acids is 1. The van der Waals surface area contributed by atoms with E-state index >= 15 is 0 Å². The minimum Gasteiger partial charge on any atom is -0.478 e. The van der Waals surface area contributed by atoms with Gasteiger partial charge in [-0.05, 0) is 36.1 Å². The number of carbonyl (C=O) groups is 1. The molecule has 0 spiro atoms. The molecular weight excluding hydrogens is 250 g/mol. The fourth-order valence-corrected chi connectivity index (χ4v) is 2.46. The Morgan fingerprint density at radius 2 is 2.00 bits per heavy atom. The number of hydrogen-bond acceptors (Lipinski definition) is 1. The summed E-state index contributed by atoms with van der Waals surface area (Å²) in [6, 6.07) is 15.6. The van der Waals surface area contributed by atoms with E-state index in [4.69, 9.17) is 5.11 Å². The number of nitrogens with zero attached hydrogens (tertiary/aromatic N) is 1. The monoisotopic (exact) mass is 265 g/mol. The maximum Gasteiger partial charge on any atom is 0.335 e. The van der Waals surface area contributed by atoms with Crippen LogP contribution in [0.2, 0.25) is 0 Å². The van der Waals surface area contributed by atoms with Gasteiger partial charge in [-0.25, -0.2) is 4.79 Å². The van der Waals surface area contributed by atoms with E-state index in [0.29, 0.717) is 5.56 Å². The lowest BCUT2D eigenvalue weighted by Gasteiger charge is -2.07. The summed E-state index contributed by atoms with van der Waals surface area (Å²) in [6.07, 6.45) is 2.00. The summed E-state index contributed by atoms with van der Waals surface area (Å²) in [6.45, 7) is 2.81. The molecule has 0 saturated heterocycles. The molecule has 0 aliphatic rings. The largest absolute Gasteiger partial charge is 0.478 e. The molecule has 0 atom stereocenters. The lowest BCUT2D eigenvalue weighted by Crippen LogP contribution is -2.00. The summed E-state index contributed by atoms with van der Waals surface area (Å²) in [5.41, 5.74) is 3.71. The lowest BCUT2D eigenvalue weighted by molar-refractivity contribution is 0.0697. The minimum atomic E-state index is -0.893. The Kier molecular flexibility index (Phi) is 3.03. The number of aryl methyl sites for hydroxylation is 1. The van der Waals surface area contributed by atoms with Crippen LogP contribution >= 0.6 is 0 Å². The van der Waals surface area contributed by atoms with Crippen molar-refractivity contribution in [3.05, 3.63) is 71.4 Å². The molecule has 0 radical (unpaired) electrons. The molecule has 1 aromatic heterocycles. The number of hydrogen-bond donors (Lipinski definition) is 1. The van der Waals surface area contributed by atoms with E-state index in [1.807, 2.05) is 24.4 Å². The molecule has 1 N–H and O–H groups in total. The number of carboxylic acids is 1. The Labute approximate surface area is 117 Å². The van der Waals surface area contributed by atoms with Crippen molar-refractivity contribution in [3.8, 4) is 0 Å². The van der Waals surface area contributed by atoms with Crippen LogP contribution in [-0.2, 0) is 6.54 Å². The van der Waals surface area contributed by atoms with Crippen LogP contribution in [0.1, 0.15) is 21.5 Å². The van der Waals surface area contributed by atoms with Gasteiger partial charge in [0.2, 0.25) is 0 Å². The maximum atomic E-state index is 11.1. The molecule has 0 saturated carbocycles. The van der Waals surface area contributed by atoms with Crippen LogP contribution in [0.15, 0.2) is 54.7 Å². The Balaban J connectivity index is 2.03. The van der Waals surface area contributed by atoms with Crippen molar-refractivity contribution in [2.75, 3.05) is 0 Å². The summed E-state index contributed by atoms with van der Waals surface area (Å²) >= 11 is 0. The van der Waals surface area contributed by atoms with E-state index in [2.05, 4.69) is 29.7 Å². The zero-order valence-electron chi connectivity index (χ0n) is 11.2. The van der Waals surface area contributed by atoms with Gasteiger partial charge in [-0.15, -0.1) is 0 Å². The standard InChI is InChI=1S/C17H15NO2/c1-12-3-2-4-13(9-12)11-18-8-7-14-5-6-15(17(19)20)10-16(14)18/h2-10H,11H2,1H3,(H,19,20). The summed E-state index contributed by atoms with van der Waals surface area (Å²) < 4.78 is 2.08. The molecule has 0 unspecified atom stereocenters. The second-order valence-corrected chi connectivity index (χ2v) is 5.01. The van der Waals surface area contributed by atoms with Crippen molar-refractivity contribution in [1.82, 2.24) is 4.57 Å². The van der Waals surface area contributed by atoms with Gasteiger partial charge in [0.1, 0.15) is 0 Å². The van der Waals surface area contributed by atoms with Crippen LogP contribution in [0.25, 0.3) is 10.9 Å². The van der Waals surface area contributed by atoms with E-state index < -0.39 is 5.97 Å². The first-order chi connectivity index (χ1) is 9.63. The van der Waals surface area contributed by atoms with Gasteiger partial charge in [-0.3, -0.25) is 0 Å². The number of carboxylic acid groups (broad SMARTS) is 1. The average Bonchev–Trinajstić information content (AvgIpc) is 2.81. The quantitative estimate of drug-likeness (QED) is 0.784. The molecule has 2 aromatic carbocycles. The van der Waals surface area contributed by atoms with Crippen molar-refractivity contribution in [1.29, 1.82) is 0 Å². The van der Waals surface area contributed by atoms with Crippen LogP contribution in [-0.4, -0.2) is 15.6 Å². The molecule has 1 heterocycles. The molecule has 0 aliphatic carbocycles. The number of rotatable bonds is 3. The van der Waals surface area contributed by atoms with Crippen LogP contribution < -0.4 is 0 Å². The van der Waals surface area contributed by atoms with Crippen molar-refractivity contribution in [2.24, 2.45) is 0 Å². The average molecular weight is 265 g/mol. The van der Waals surface area contributed by atoms with E-state index in [-0.39, 0.29) is 0 Å². The highest BCUT2D eigenvalue weighted by molar-refractivity contribution is 5.93. The molecule has 100 valence electrons. The van der Waals surface area contributed by atoms with Gasteiger partial charge in [0.15, 0.2) is 0 Å². The highest BCUT2D eigenvalue weighted by atomic mass is 16.4. The third-order valence-corrected chi connectivity index (χ3v) is 3.46. The number of benzene rings is 2. The fourth-order valence-electron chi connectivity index (χ4n) is 2.46. The summed E-state index contributed by atoms with van der Waals surface area (Å²) in [5.74, 6) is -0.893. The highest BCUT2D eigenvalue weighted by Gasteiger charge is 2.07. The van der Waals surface area contributed by atoms with Gasteiger partial charge in [0, 0.05) is 18.3 Å². The first-order valence-electron chi connectivity index (χ1n) is 6.51. The SMILES string of the molecule is Cc1cccc(Cn2ccc3ccc(C(=O)O)cc32)c1. The van der Waals surface area contributed by atoms with Gasteiger partial charge in [0.25, 0.3) is 0 Å². The molecule has 20 heavy (non-hydrogen) atoms. The highest BCUT2D eigenvalue weighted by Crippen LogP contribution is 2.19. The smallest absolute Gasteiger partial charge is 0.335 e. The Morgan fingerprint density at radius 1 is 1.15 bits per heavy atom. The summed E-state index contributed by atoms with van der Waals surface area (Å²) in [4.78, 5) is 11.1. The normalized spacial score (nSPS) is 10.8. The van der Waals surface area contributed by atoms with Crippen LogP contribution in [0.3, 0.4) is 0 Å². The second-order valence-electron chi connectivity index (χ2n) is 5.01. The van der Waals surface area contributed by atoms with E-state index in [1.165, 1.54) is 11.1 Å². The third kappa shape index (κ3) is 2.30. The summed E-state index contributed by atoms with van der Waals surface area (Å²) in [7, 11) is 0. The van der Waals surface area contributed by atoms with Gasteiger partial charge in [0.05, 0.1) is 5.56 Å². The summed E-state index contributed by atoms with van der Waals surface area (Å²) in [5, 5.41) is 10.1. The van der Waals surface area contributed by atoms with E-state index in [0.717, 1.165) is 17.4 Å². The molecule has 3 heteroatoms. The molecule has 0 amide bonds. The third-order valence-electron chi connectivity index (χ3n) is 3.46. The van der Waals surface area contributed by atoms with Crippen molar-refractivity contribution in [2.45, 2.75) is 13.5 Å². The molecule has 3 nitrogen and oxygen atoms in total. The van der Waals surface area contributed by atoms with Gasteiger partial charge in [-0.2, -0.15) is 0 Å². The molecule has 3 rings (SSSR count). The zero-order valence-corrected chi connectivity index (χ0v) is 11.2. The van der Waals surface area contributed by atoms with Gasteiger partial charge < -0.3 is 9.67 Å². The minimum absolute atomic E-state index is 0.321. The van der Waals surface area contributed by atoms with Gasteiger partial charge in [-0.1, -0.05) is 35.9 Å². The topological polar surface area (TPSA) is 42.2 Å². The van der Waals surface area contributed by atoms with Crippen molar-refractivity contribution >= 4 is 16.9 Å². The maximum absolute atomic E-state index is 11.1. The van der Waals surface area contributed by atoms with Gasteiger partial charge >= 0.3 is 5.97 Å². The molecule has 0 aliphatic heterocycles. The van der Waals surface area contributed by atoms with Crippen molar-refractivity contribution < 1.29 is 9.90 Å². The Hall–Kier alpha value is -2.55. The van der Waals surface area contributed by atoms with Crippen LogP contribution in [0, 0.1) is 6.92 Å². The number of aromatic nitrogens is 1. The zero-order chi connectivity index (χ0) is 14.1. The van der Waals surface area contributed by atoms with E-state index in [1.54, 1.807) is 12.1 Å². The first-order valence-corrected chi connectivity index (χ1v) is 6.51.